The Morgan fingerprint density at radius 1 is 0.970 bits per heavy atom. The summed E-state index contributed by atoms with van der Waals surface area (Å²) in [5.41, 5.74) is -0.693. The number of sulfonamides is 1. The molecule has 33 heavy (non-hydrogen) atoms. The normalized spacial score (nSPS) is 11.8. The minimum absolute atomic E-state index is 0.194. The van der Waals surface area contributed by atoms with Crippen LogP contribution in [0.5, 0.6) is 0 Å². The smallest absolute Gasteiger partial charge is 0.324 e. The molecular weight excluding hydrogens is 500 g/mol. The second kappa shape index (κ2) is 9.62. The highest BCUT2D eigenvalue weighted by molar-refractivity contribution is 7.92. The monoisotopic (exact) mass is 516 g/mol. The fourth-order valence-electron chi connectivity index (χ4n) is 2.98. The molecule has 1 N–H and O–H groups in total. The Hall–Kier alpha value is -2.75. The number of carbonyl (C=O) groups is 1. The van der Waals surface area contributed by atoms with Crippen molar-refractivity contribution in [2.75, 3.05) is 16.2 Å². The molecule has 1 amide bonds. The van der Waals surface area contributed by atoms with Crippen LogP contribution in [0.25, 0.3) is 0 Å². The fraction of sp³-hybridized carbons (Fsp3) is 0.136. The first-order valence-electron chi connectivity index (χ1n) is 9.41. The van der Waals surface area contributed by atoms with Crippen molar-refractivity contribution >= 4 is 50.5 Å². The summed E-state index contributed by atoms with van der Waals surface area (Å²) in [5.74, 6) is -0.775. The van der Waals surface area contributed by atoms with Gasteiger partial charge in [-0.1, -0.05) is 47.5 Å². The molecule has 174 valence electrons. The molecule has 3 aromatic carbocycles. The van der Waals surface area contributed by atoms with Gasteiger partial charge < -0.3 is 5.32 Å². The molecule has 0 aliphatic rings. The molecule has 11 heteroatoms. The van der Waals surface area contributed by atoms with Crippen LogP contribution in [-0.4, -0.2) is 20.9 Å². The van der Waals surface area contributed by atoms with E-state index in [9.17, 15) is 26.4 Å². The van der Waals surface area contributed by atoms with Gasteiger partial charge in [0.2, 0.25) is 5.91 Å². The van der Waals surface area contributed by atoms with Gasteiger partial charge in [-0.2, -0.15) is 13.2 Å². The van der Waals surface area contributed by atoms with Crippen molar-refractivity contribution in [3.05, 3.63) is 87.9 Å². The highest BCUT2D eigenvalue weighted by atomic mass is 35.5. The Bertz CT molecular complexity index is 1280. The predicted octanol–water partition coefficient (Wildman–Crippen LogP) is 6.15. The topological polar surface area (TPSA) is 66.5 Å². The molecule has 0 bridgehead atoms. The Labute approximate surface area is 198 Å². The first-order valence-corrected chi connectivity index (χ1v) is 11.6. The van der Waals surface area contributed by atoms with E-state index < -0.39 is 39.2 Å². The number of rotatable bonds is 6. The summed E-state index contributed by atoms with van der Waals surface area (Å²) in [6.45, 7) is 0.868. The summed E-state index contributed by atoms with van der Waals surface area (Å²) < 4.78 is 67.4. The molecule has 0 aliphatic carbocycles. The molecule has 0 aliphatic heterocycles. The average molecular weight is 517 g/mol. The van der Waals surface area contributed by atoms with E-state index in [1.807, 2.05) is 0 Å². The molecule has 0 spiro atoms. The van der Waals surface area contributed by atoms with Gasteiger partial charge in [0.05, 0.1) is 21.2 Å². The summed E-state index contributed by atoms with van der Waals surface area (Å²) in [7, 11) is -4.40. The van der Waals surface area contributed by atoms with E-state index in [0.29, 0.717) is 26.6 Å². The summed E-state index contributed by atoms with van der Waals surface area (Å²) >= 11 is 11.7. The second-order valence-electron chi connectivity index (χ2n) is 6.95. The Kier molecular flexibility index (Phi) is 7.26. The van der Waals surface area contributed by atoms with Gasteiger partial charge in [0.1, 0.15) is 6.54 Å². The van der Waals surface area contributed by atoms with Crippen LogP contribution in [0, 0.1) is 6.92 Å². The van der Waals surface area contributed by atoms with Crippen LogP contribution in [-0.2, 0) is 21.0 Å². The number of carbonyl (C=O) groups excluding carboxylic acids is 1. The molecule has 5 nitrogen and oxygen atoms in total. The van der Waals surface area contributed by atoms with Crippen molar-refractivity contribution in [1.29, 1.82) is 0 Å². The van der Waals surface area contributed by atoms with Crippen LogP contribution in [0.15, 0.2) is 71.6 Å². The molecule has 0 saturated heterocycles. The molecule has 0 atom stereocenters. The van der Waals surface area contributed by atoms with Crippen LogP contribution in [0.2, 0.25) is 10.0 Å². The molecule has 0 radical (unpaired) electrons. The van der Waals surface area contributed by atoms with Crippen molar-refractivity contribution in [3.63, 3.8) is 0 Å². The van der Waals surface area contributed by atoms with E-state index in [1.54, 1.807) is 31.2 Å². The van der Waals surface area contributed by atoms with E-state index in [0.717, 1.165) is 12.1 Å². The molecule has 0 saturated carbocycles. The third kappa shape index (κ3) is 5.61. The average Bonchev–Trinajstić information content (AvgIpc) is 2.75. The minimum atomic E-state index is -4.82. The van der Waals surface area contributed by atoms with Crippen molar-refractivity contribution in [2.24, 2.45) is 0 Å². The third-order valence-electron chi connectivity index (χ3n) is 4.70. The Balaban J connectivity index is 2.05. The van der Waals surface area contributed by atoms with Crippen LogP contribution in [0.4, 0.5) is 24.5 Å². The SMILES string of the molecule is Cc1c(Cl)cccc1NC(=O)CN(c1ccc(Cl)c(C(F)(F)F)c1)S(=O)(=O)c1ccccc1. The standard InChI is InChI=1S/C22H17Cl2F3N2O3S/c1-14-18(23)8-5-9-20(14)28-21(30)13-29(33(31,32)16-6-3-2-4-7-16)15-10-11-19(24)17(12-15)22(25,26)27/h2-12H,13H2,1H3,(H,28,30). The van der Waals surface area contributed by atoms with Crippen LogP contribution >= 0.6 is 23.2 Å². The Morgan fingerprint density at radius 3 is 2.27 bits per heavy atom. The maximum Gasteiger partial charge on any atom is 0.417 e. The number of halogens is 5. The van der Waals surface area contributed by atoms with Crippen LogP contribution < -0.4 is 9.62 Å². The van der Waals surface area contributed by atoms with Crippen molar-refractivity contribution in [2.45, 2.75) is 18.0 Å². The predicted molar refractivity (Wildman–Crippen MR) is 122 cm³/mol. The van der Waals surface area contributed by atoms with Gasteiger partial charge in [-0.15, -0.1) is 0 Å². The quantitative estimate of drug-likeness (QED) is 0.426. The zero-order valence-corrected chi connectivity index (χ0v) is 19.4. The van der Waals surface area contributed by atoms with E-state index >= 15 is 0 Å². The fourth-order valence-corrected chi connectivity index (χ4v) is 4.82. The van der Waals surface area contributed by atoms with E-state index in [4.69, 9.17) is 23.2 Å². The van der Waals surface area contributed by atoms with Gasteiger partial charge in [0, 0.05) is 10.7 Å². The van der Waals surface area contributed by atoms with Crippen molar-refractivity contribution in [1.82, 2.24) is 0 Å². The number of benzene rings is 3. The Morgan fingerprint density at radius 2 is 1.64 bits per heavy atom. The van der Waals surface area contributed by atoms with Crippen LogP contribution in [0.3, 0.4) is 0 Å². The van der Waals surface area contributed by atoms with Gasteiger partial charge in [0.25, 0.3) is 10.0 Å². The molecule has 0 aromatic heterocycles. The maximum atomic E-state index is 13.4. The van der Waals surface area contributed by atoms with Gasteiger partial charge in [-0.25, -0.2) is 8.42 Å². The largest absolute Gasteiger partial charge is 0.417 e. The van der Waals surface area contributed by atoms with E-state index in [-0.39, 0.29) is 10.6 Å². The van der Waals surface area contributed by atoms with Gasteiger partial charge >= 0.3 is 6.18 Å². The number of amides is 1. The lowest BCUT2D eigenvalue weighted by Crippen LogP contribution is -2.38. The van der Waals surface area contributed by atoms with Crippen molar-refractivity contribution < 1.29 is 26.4 Å². The maximum absolute atomic E-state index is 13.4. The second-order valence-corrected chi connectivity index (χ2v) is 9.62. The zero-order valence-electron chi connectivity index (χ0n) is 17.0. The first kappa shape index (κ1) is 24.9. The lowest BCUT2D eigenvalue weighted by molar-refractivity contribution is -0.137. The lowest BCUT2D eigenvalue weighted by atomic mass is 10.2. The highest BCUT2D eigenvalue weighted by Crippen LogP contribution is 2.38. The molecular formula is C22H17Cl2F3N2O3S. The third-order valence-corrected chi connectivity index (χ3v) is 7.23. The van der Waals surface area contributed by atoms with E-state index in [2.05, 4.69) is 5.32 Å². The summed E-state index contributed by atoms with van der Waals surface area (Å²) in [6.07, 6.45) is -4.82. The minimum Gasteiger partial charge on any atom is -0.324 e. The number of anilines is 2. The zero-order chi connectivity index (χ0) is 24.4. The van der Waals surface area contributed by atoms with Crippen molar-refractivity contribution in [3.8, 4) is 0 Å². The summed E-state index contributed by atoms with van der Waals surface area (Å²) in [4.78, 5) is 12.6. The highest BCUT2D eigenvalue weighted by Gasteiger charge is 2.35. The van der Waals surface area contributed by atoms with Gasteiger partial charge in [-0.05, 0) is 55.0 Å². The molecule has 0 heterocycles. The first-order chi connectivity index (χ1) is 15.4. The van der Waals surface area contributed by atoms with Crippen LogP contribution in [0.1, 0.15) is 11.1 Å². The molecule has 0 fully saturated rings. The van der Waals surface area contributed by atoms with Gasteiger partial charge in [-0.3, -0.25) is 9.10 Å². The number of hydrogen-bond donors (Lipinski definition) is 1. The molecule has 3 aromatic rings. The number of alkyl halides is 3. The number of hydrogen-bond acceptors (Lipinski definition) is 3. The summed E-state index contributed by atoms with van der Waals surface area (Å²) in [5, 5.41) is 2.34. The van der Waals surface area contributed by atoms with E-state index in [1.165, 1.54) is 24.3 Å². The molecule has 0 unspecified atom stereocenters. The molecule has 3 rings (SSSR count). The number of nitrogens with one attached hydrogen (secondary N) is 1. The number of nitrogens with zero attached hydrogens (tertiary/aromatic N) is 1. The lowest BCUT2D eigenvalue weighted by Gasteiger charge is -2.25. The van der Waals surface area contributed by atoms with Gasteiger partial charge in [0.15, 0.2) is 0 Å². The summed E-state index contributed by atoms with van der Waals surface area (Å²) in [6, 6.07) is 14.5.